The minimum Gasteiger partial charge on any atom is -0.449 e. The molecule has 1 fully saturated rings. The van der Waals surface area contributed by atoms with Crippen molar-refractivity contribution >= 4 is 50.7 Å². The van der Waals surface area contributed by atoms with Gasteiger partial charge in [-0.25, -0.2) is 28.2 Å². The number of thiazole rings is 1. The van der Waals surface area contributed by atoms with E-state index in [-0.39, 0.29) is 39.8 Å². The minimum atomic E-state index is -3.55. The predicted molar refractivity (Wildman–Crippen MR) is 160 cm³/mol. The molecule has 2 aromatic heterocycles. The van der Waals surface area contributed by atoms with Crippen molar-refractivity contribution in [3.63, 3.8) is 0 Å². The van der Waals surface area contributed by atoms with E-state index in [0.29, 0.717) is 55.9 Å². The van der Waals surface area contributed by atoms with Crippen molar-refractivity contribution in [3.05, 3.63) is 40.5 Å². The summed E-state index contributed by atoms with van der Waals surface area (Å²) < 4.78 is 33.0. The zero-order valence-electron chi connectivity index (χ0n) is 23.1. The Bertz CT molecular complexity index is 1470. The maximum absolute atomic E-state index is 12.5. The Kier molecular flexibility index (Phi) is 9.21. The number of nitrogens with one attached hydrogen (secondary N) is 1. The van der Waals surface area contributed by atoms with Crippen molar-refractivity contribution in [2.75, 3.05) is 35.9 Å². The molecular weight excluding hydrogens is 572 g/mol. The van der Waals surface area contributed by atoms with E-state index in [9.17, 15) is 13.2 Å². The first-order valence-corrected chi connectivity index (χ1v) is 16.1. The Balaban J connectivity index is 1.71. The lowest BCUT2D eigenvalue weighted by Gasteiger charge is -2.37. The summed E-state index contributed by atoms with van der Waals surface area (Å²) in [6.07, 6.45) is 3.18. The molecule has 0 bridgehead atoms. The molecule has 13 heteroatoms. The molecule has 4 rings (SSSR count). The zero-order chi connectivity index (χ0) is 29.1. The van der Waals surface area contributed by atoms with Crippen LogP contribution in [0.25, 0.3) is 21.8 Å². The summed E-state index contributed by atoms with van der Waals surface area (Å²) in [5, 5.41) is 1.12. The highest BCUT2D eigenvalue weighted by Gasteiger charge is 2.37. The summed E-state index contributed by atoms with van der Waals surface area (Å²) in [4.78, 5) is 28.5. The predicted octanol–water partition coefficient (Wildman–Crippen LogP) is 5.80. The molecule has 1 aromatic carbocycles. The number of rotatable bonds is 9. The Labute approximate surface area is 244 Å². The molecule has 40 heavy (non-hydrogen) atoms. The average Bonchev–Trinajstić information content (AvgIpc) is 3.35. The van der Waals surface area contributed by atoms with Gasteiger partial charge >= 0.3 is 6.09 Å². The fourth-order valence-corrected chi connectivity index (χ4v) is 7.16. The first-order valence-electron chi connectivity index (χ1n) is 13.2. The van der Waals surface area contributed by atoms with Crippen LogP contribution in [0, 0.1) is 5.92 Å². The maximum Gasteiger partial charge on any atom is 0.409 e. The lowest BCUT2D eigenvalue weighted by molar-refractivity contribution is 0.0762. The monoisotopic (exact) mass is 606 g/mol. The summed E-state index contributed by atoms with van der Waals surface area (Å²) in [5.41, 5.74) is 7.64. The normalized spacial score (nSPS) is 15.3. The van der Waals surface area contributed by atoms with Crippen LogP contribution in [0.15, 0.2) is 30.5 Å². The standard InChI is InChI=1S/C27H35ClN6O4S2/c1-5-15-40(36,37)33-19-8-6-7-18(21(19)28)22-23(20-9-12-30-25(29)31-20)39-24(32-22)27(4)10-13-34(14-11-27)26(35)38-16-17(2)3/h6-9,12,17,33H,5,10-11,13-16H2,1-4H3,(H2,29,30,31). The van der Waals surface area contributed by atoms with Gasteiger partial charge in [0, 0.05) is 30.3 Å². The summed E-state index contributed by atoms with van der Waals surface area (Å²) in [7, 11) is -3.55. The summed E-state index contributed by atoms with van der Waals surface area (Å²) >= 11 is 8.29. The molecule has 0 atom stereocenters. The number of amides is 1. The van der Waals surface area contributed by atoms with Gasteiger partial charge in [0.1, 0.15) is 0 Å². The van der Waals surface area contributed by atoms with E-state index in [4.69, 9.17) is 27.1 Å². The molecule has 216 valence electrons. The molecule has 10 nitrogen and oxygen atoms in total. The Morgan fingerprint density at radius 1 is 1.25 bits per heavy atom. The van der Waals surface area contributed by atoms with Crippen molar-refractivity contribution in [1.29, 1.82) is 0 Å². The van der Waals surface area contributed by atoms with Gasteiger partial charge in [0.15, 0.2) is 0 Å². The highest BCUT2D eigenvalue weighted by atomic mass is 35.5. The molecule has 1 aliphatic rings. The number of ether oxygens (including phenoxy) is 1. The zero-order valence-corrected chi connectivity index (χ0v) is 25.5. The number of hydrogen-bond acceptors (Lipinski definition) is 9. The molecule has 3 heterocycles. The van der Waals surface area contributed by atoms with Gasteiger partial charge in [0.2, 0.25) is 16.0 Å². The third-order valence-electron chi connectivity index (χ3n) is 6.71. The minimum absolute atomic E-state index is 0.0136. The number of nitrogens with zero attached hydrogens (tertiary/aromatic N) is 4. The van der Waals surface area contributed by atoms with Crippen molar-refractivity contribution in [3.8, 4) is 21.8 Å². The van der Waals surface area contributed by atoms with Crippen molar-refractivity contribution < 1.29 is 17.9 Å². The van der Waals surface area contributed by atoms with Crippen molar-refractivity contribution in [2.24, 2.45) is 5.92 Å². The average molecular weight is 607 g/mol. The number of benzene rings is 1. The number of nitrogen functional groups attached to an aromatic ring is 1. The van der Waals surface area contributed by atoms with Crippen LogP contribution in [0.4, 0.5) is 16.4 Å². The largest absolute Gasteiger partial charge is 0.449 e. The van der Waals surface area contributed by atoms with Gasteiger partial charge in [-0.3, -0.25) is 4.72 Å². The number of halogens is 1. The van der Waals surface area contributed by atoms with Crippen molar-refractivity contribution in [1.82, 2.24) is 19.9 Å². The molecule has 1 saturated heterocycles. The van der Waals surface area contributed by atoms with Gasteiger partial charge in [-0.1, -0.05) is 51.4 Å². The molecule has 0 aliphatic carbocycles. The fourth-order valence-electron chi connectivity index (χ4n) is 4.44. The van der Waals surface area contributed by atoms with Crippen molar-refractivity contribution in [2.45, 2.75) is 52.4 Å². The van der Waals surface area contributed by atoms with Gasteiger partial charge in [-0.05, 0) is 37.3 Å². The molecule has 3 N–H and O–H groups in total. The van der Waals surface area contributed by atoms with E-state index in [1.807, 2.05) is 19.9 Å². The number of anilines is 2. The quantitative estimate of drug-likeness (QED) is 0.311. The molecule has 3 aromatic rings. The van der Waals surface area contributed by atoms with Crippen LogP contribution in [-0.4, -0.2) is 59.8 Å². The van der Waals surface area contributed by atoms with Crippen LogP contribution in [0.1, 0.15) is 52.0 Å². The molecule has 1 aliphatic heterocycles. The van der Waals surface area contributed by atoms with Crippen LogP contribution in [0.3, 0.4) is 0 Å². The third kappa shape index (κ3) is 6.84. The van der Waals surface area contributed by atoms with E-state index in [1.165, 1.54) is 11.3 Å². The number of likely N-dealkylation sites (tertiary alicyclic amines) is 1. The van der Waals surface area contributed by atoms with Crippen LogP contribution in [0.2, 0.25) is 5.02 Å². The second kappa shape index (κ2) is 12.3. The van der Waals surface area contributed by atoms with Gasteiger partial charge in [-0.15, -0.1) is 11.3 Å². The highest BCUT2D eigenvalue weighted by Crippen LogP contribution is 2.46. The maximum atomic E-state index is 12.5. The number of carbonyl (C=O) groups is 1. The van der Waals surface area contributed by atoms with Crippen LogP contribution in [-0.2, 0) is 20.2 Å². The van der Waals surface area contributed by atoms with Gasteiger partial charge in [-0.2, -0.15) is 0 Å². The SMILES string of the molecule is CCCS(=O)(=O)Nc1cccc(-c2nc(C3(C)CCN(C(=O)OCC(C)C)CC3)sc2-c2ccnc(N)n2)c1Cl. The fraction of sp³-hybridized carbons (Fsp3) is 0.481. The summed E-state index contributed by atoms with van der Waals surface area (Å²) in [6, 6.07) is 6.94. The second-order valence-electron chi connectivity index (χ2n) is 10.6. The molecular formula is C27H35ClN6O4S2. The first-order chi connectivity index (χ1) is 18.9. The number of aromatic nitrogens is 3. The van der Waals surface area contributed by atoms with E-state index < -0.39 is 10.0 Å². The number of sulfonamides is 1. The number of carbonyl (C=O) groups excluding carboxylic acids is 1. The Hall–Kier alpha value is -2.96. The topological polar surface area (TPSA) is 140 Å². The number of nitrogens with two attached hydrogens (primary N) is 1. The molecule has 0 spiro atoms. The lowest BCUT2D eigenvalue weighted by Crippen LogP contribution is -2.44. The second-order valence-corrected chi connectivity index (χ2v) is 13.8. The smallest absolute Gasteiger partial charge is 0.409 e. The molecule has 0 saturated carbocycles. The van der Waals surface area contributed by atoms with E-state index in [2.05, 4.69) is 21.6 Å². The third-order valence-corrected chi connectivity index (χ3v) is 9.98. The van der Waals surface area contributed by atoms with Crippen LogP contribution >= 0.6 is 22.9 Å². The van der Waals surface area contributed by atoms with Gasteiger partial charge in [0.25, 0.3) is 0 Å². The van der Waals surface area contributed by atoms with Gasteiger partial charge < -0.3 is 15.4 Å². The molecule has 1 amide bonds. The number of piperidine rings is 1. The van der Waals surface area contributed by atoms with Crippen LogP contribution < -0.4 is 10.5 Å². The molecule has 0 unspecified atom stereocenters. The lowest BCUT2D eigenvalue weighted by atomic mass is 9.81. The summed E-state index contributed by atoms with van der Waals surface area (Å²) in [5.74, 6) is 0.388. The molecule has 0 radical (unpaired) electrons. The van der Waals surface area contributed by atoms with Gasteiger partial charge in [0.05, 0.1) is 44.3 Å². The Morgan fingerprint density at radius 2 is 1.98 bits per heavy atom. The Morgan fingerprint density at radius 3 is 2.62 bits per heavy atom. The highest BCUT2D eigenvalue weighted by molar-refractivity contribution is 7.92. The number of hydrogen-bond donors (Lipinski definition) is 2. The van der Waals surface area contributed by atoms with E-state index >= 15 is 0 Å². The van der Waals surface area contributed by atoms with Crippen LogP contribution in [0.5, 0.6) is 0 Å². The van der Waals surface area contributed by atoms with E-state index in [1.54, 1.807) is 36.2 Å². The van der Waals surface area contributed by atoms with E-state index in [0.717, 1.165) is 9.88 Å². The summed E-state index contributed by atoms with van der Waals surface area (Å²) in [6.45, 7) is 9.44. The first kappa shape index (κ1) is 30.0.